The van der Waals surface area contributed by atoms with E-state index >= 15 is 0 Å². The number of amides is 3. The largest absolute Gasteiger partial charge is 0.480 e. The number of hydrogen-bond acceptors (Lipinski definition) is 7. The maximum atomic E-state index is 12.7. The van der Waals surface area contributed by atoms with Crippen molar-refractivity contribution in [3.8, 4) is 11.1 Å². The molecule has 2 aromatic carbocycles. The Morgan fingerprint density at radius 3 is 2.06 bits per heavy atom. The number of aliphatic hydroxyl groups is 2. The van der Waals surface area contributed by atoms with Gasteiger partial charge in [-0.25, -0.2) is 9.59 Å². The van der Waals surface area contributed by atoms with Crippen molar-refractivity contribution < 1.29 is 39.2 Å². The summed E-state index contributed by atoms with van der Waals surface area (Å²) in [7, 11) is 0. The fourth-order valence-corrected chi connectivity index (χ4v) is 2.90. The van der Waals surface area contributed by atoms with E-state index in [1.165, 1.54) is 6.07 Å². The molecule has 0 fully saturated rings. The predicted molar refractivity (Wildman–Crippen MR) is 127 cm³/mol. The van der Waals surface area contributed by atoms with Crippen molar-refractivity contribution in [1.82, 2.24) is 10.6 Å². The Bertz CT molecular complexity index is 1060. The number of carboxylic acid groups (broad SMARTS) is 1. The van der Waals surface area contributed by atoms with E-state index in [2.05, 4.69) is 10.6 Å². The second kappa shape index (κ2) is 12.0. The quantitative estimate of drug-likeness (QED) is 0.307. The van der Waals surface area contributed by atoms with Crippen LogP contribution in [0, 0.1) is 0 Å². The minimum Gasteiger partial charge on any atom is -0.480 e. The Morgan fingerprint density at radius 2 is 1.51 bits per heavy atom. The molecule has 2 atom stereocenters. The summed E-state index contributed by atoms with van der Waals surface area (Å²) in [5.41, 5.74) is 1.52. The van der Waals surface area contributed by atoms with Crippen LogP contribution < -0.4 is 16.0 Å². The Labute approximate surface area is 202 Å². The summed E-state index contributed by atoms with van der Waals surface area (Å²) in [5, 5.41) is 34.4. The van der Waals surface area contributed by atoms with E-state index in [0.29, 0.717) is 11.3 Å². The molecule has 35 heavy (non-hydrogen) atoms. The number of carbonyl (C=O) groups excluding carboxylic acids is 3. The van der Waals surface area contributed by atoms with Gasteiger partial charge in [-0.05, 0) is 56.2 Å². The molecule has 0 radical (unpaired) electrons. The number of ether oxygens (including phenoxy) is 1. The van der Waals surface area contributed by atoms with Crippen molar-refractivity contribution in [2.45, 2.75) is 38.5 Å². The summed E-state index contributed by atoms with van der Waals surface area (Å²) >= 11 is 0. The van der Waals surface area contributed by atoms with Crippen LogP contribution in [0.1, 0.15) is 31.1 Å². The summed E-state index contributed by atoms with van der Waals surface area (Å²) < 4.78 is 5.21. The maximum absolute atomic E-state index is 12.7. The highest BCUT2D eigenvalue weighted by Gasteiger charge is 2.26. The average molecular weight is 488 g/mol. The van der Waals surface area contributed by atoms with Crippen LogP contribution in [0.15, 0.2) is 48.5 Å². The Hall–Kier alpha value is -3.96. The molecular formula is C24H29N3O8. The van der Waals surface area contributed by atoms with Gasteiger partial charge in [-0.2, -0.15) is 0 Å². The number of nitrogens with one attached hydrogen (secondary N) is 3. The number of carboxylic acids is 1. The molecule has 11 nitrogen and oxygen atoms in total. The van der Waals surface area contributed by atoms with Crippen molar-refractivity contribution >= 4 is 29.6 Å². The third-order valence-electron chi connectivity index (χ3n) is 4.59. The van der Waals surface area contributed by atoms with Gasteiger partial charge in [-0.3, -0.25) is 14.9 Å². The number of benzene rings is 2. The van der Waals surface area contributed by atoms with Gasteiger partial charge in [0.05, 0.1) is 13.2 Å². The van der Waals surface area contributed by atoms with E-state index in [1.54, 1.807) is 63.2 Å². The smallest absolute Gasteiger partial charge is 0.412 e. The summed E-state index contributed by atoms with van der Waals surface area (Å²) in [5.74, 6) is -3.07. The molecule has 0 aromatic heterocycles. The maximum Gasteiger partial charge on any atom is 0.412 e. The minimum absolute atomic E-state index is 0.196. The van der Waals surface area contributed by atoms with Gasteiger partial charge in [-0.15, -0.1) is 0 Å². The molecule has 3 amide bonds. The third-order valence-corrected chi connectivity index (χ3v) is 4.59. The van der Waals surface area contributed by atoms with E-state index in [1.807, 2.05) is 5.32 Å². The Kier molecular flexibility index (Phi) is 9.32. The highest BCUT2D eigenvalue weighted by molar-refractivity contribution is 5.99. The highest BCUT2D eigenvalue weighted by atomic mass is 16.6. The van der Waals surface area contributed by atoms with E-state index in [9.17, 15) is 24.3 Å². The molecule has 0 aliphatic heterocycles. The van der Waals surface area contributed by atoms with Crippen LogP contribution in [0.5, 0.6) is 0 Å². The van der Waals surface area contributed by atoms with Gasteiger partial charge in [0.2, 0.25) is 5.91 Å². The van der Waals surface area contributed by atoms with E-state index < -0.39 is 54.8 Å². The minimum atomic E-state index is -1.57. The molecular weight excluding hydrogens is 458 g/mol. The van der Waals surface area contributed by atoms with Gasteiger partial charge in [0.1, 0.15) is 17.7 Å². The van der Waals surface area contributed by atoms with Crippen LogP contribution in [0.3, 0.4) is 0 Å². The molecule has 2 rings (SSSR count). The number of rotatable bonds is 9. The first-order valence-corrected chi connectivity index (χ1v) is 10.7. The zero-order chi connectivity index (χ0) is 26.2. The summed E-state index contributed by atoms with van der Waals surface area (Å²) in [6.07, 6.45) is -0.583. The number of carbonyl (C=O) groups is 4. The highest BCUT2D eigenvalue weighted by Crippen LogP contribution is 2.23. The summed E-state index contributed by atoms with van der Waals surface area (Å²) in [4.78, 5) is 47.7. The molecule has 2 aromatic rings. The summed E-state index contributed by atoms with van der Waals surface area (Å²) in [6.45, 7) is 3.66. The number of hydrogen-bond donors (Lipinski definition) is 6. The second-order valence-corrected chi connectivity index (χ2v) is 8.58. The van der Waals surface area contributed by atoms with E-state index in [4.69, 9.17) is 14.9 Å². The van der Waals surface area contributed by atoms with Crippen molar-refractivity contribution in [3.05, 3.63) is 54.1 Å². The van der Waals surface area contributed by atoms with Gasteiger partial charge >= 0.3 is 12.1 Å². The lowest BCUT2D eigenvalue weighted by Gasteiger charge is -2.19. The lowest BCUT2D eigenvalue weighted by Crippen LogP contribution is -2.54. The Balaban J connectivity index is 2.09. The third kappa shape index (κ3) is 8.40. The predicted octanol–water partition coefficient (Wildman–Crippen LogP) is 1.35. The Morgan fingerprint density at radius 1 is 0.886 bits per heavy atom. The van der Waals surface area contributed by atoms with Crippen molar-refractivity contribution in [2.24, 2.45) is 0 Å². The molecule has 0 bridgehead atoms. The van der Waals surface area contributed by atoms with Crippen molar-refractivity contribution in [3.63, 3.8) is 0 Å². The van der Waals surface area contributed by atoms with E-state index in [0.717, 1.165) is 5.56 Å². The monoisotopic (exact) mass is 487 g/mol. The molecule has 0 unspecified atom stereocenters. The zero-order valence-corrected chi connectivity index (χ0v) is 19.6. The molecule has 0 heterocycles. The van der Waals surface area contributed by atoms with E-state index in [-0.39, 0.29) is 5.56 Å². The number of aliphatic carboxylic acids is 1. The van der Waals surface area contributed by atoms with Gasteiger partial charge in [0.15, 0.2) is 0 Å². The molecule has 6 N–H and O–H groups in total. The van der Waals surface area contributed by atoms with Crippen LogP contribution in [0.2, 0.25) is 0 Å². The molecule has 0 saturated carbocycles. The first-order chi connectivity index (χ1) is 16.4. The molecule has 11 heteroatoms. The van der Waals surface area contributed by atoms with Crippen molar-refractivity contribution in [1.29, 1.82) is 0 Å². The molecule has 188 valence electrons. The molecule has 0 aliphatic rings. The first-order valence-electron chi connectivity index (χ1n) is 10.7. The fraction of sp³-hybridized carbons (Fsp3) is 0.333. The van der Waals surface area contributed by atoms with Crippen LogP contribution in [0.4, 0.5) is 10.5 Å². The normalized spacial score (nSPS) is 12.7. The molecule has 0 spiro atoms. The average Bonchev–Trinajstić information content (AvgIpc) is 2.79. The molecule has 0 saturated heterocycles. The first kappa shape index (κ1) is 27.3. The van der Waals surface area contributed by atoms with Gasteiger partial charge in [-0.1, -0.05) is 24.3 Å². The van der Waals surface area contributed by atoms with Crippen LogP contribution in [-0.2, 0) is 14.3 Å². The second-order valence-electron chi connectivity index (χ2n) is 8.58. The zero-order valence-electron chi connectivity index (χ0n) is 19.6. The van der Waals surface area contributed by atoms with Crippen LogP contribution >= 0.6 is 0 Å². The SMILES string of the molecule is CC(C)(C)OC(=O)Nc1ccc(-c2cccc(C(=O)N[C@@H](CO)C(=O)N[C@@H](CO)C(=O)O)c2)cc1. The van der Waals surface area contributed by atoms with Gasteiger partial charge in [0, 0.05) is 11.3 Å². The van der Waals surface area contributed by atoms with Crippen molar-refractivity contribution in [2.75, 3.05) is 18.5 Å². The molecule has 0 aliphatic carbocycles. The van der Waals surface area contributed by atoms with Gasteiger partial charge < -0.3 is 30.7 Å². The topological polar surface area (TPSA) is 174 Å². The lowest BCUT2D eigenvalue weighted by atomic mass is 10.0. The van der Waals surface area contributed by atoms with Crippen LogP contribution in [0.25, 0.3) is 11.1 Å². The number of aliphatic hydroxyl groups excluding tert-OH is 2. The standard InChI is InChI=1S/C24H29N3O8/c1-24(2,3)35-23(34)25-17-9-7-14(8-10-17)15-5-4-6-16(11-15)20(30)26-18(12-28)21(31)27-19(13-29)22(32)33/h4-11,18-19,28-29H,12-13H2,1-3H3,(H,25,34)(H,26,30)(H,27,31)(H,32,33)/t18-,19-/m0/s1. The number of anilines is 1. The fourth-order valence-electron chi connectivity index (χ4n) is 2.90. The summed E-state index contributed by atoms with van der Waals surface area (Å²) in [6, 6.07) is 10.4. The van der Waals surface area contributed by atoms with Crippen LogP contribution in [-0.4, -0.2) is 70.1 Å². The van der Waals surface area contributed by atoms with Gasteiger partial charge in [0.25, 0.3) is 5.91 Å². The lowest BCUT2D eigenvalue weighted by molar-refractivity contribution is -0.143.